The number of hydroxylamine groups is 2. The highest BCUT2D eigenvalue weighted by Gasteiger charge is 2.34. The Labute approximate surface area is 141 Å². The molecule has 0 aromatic heterocycles. The minimum absolute atomic E-state index is 0.0839. The molecule has 0 aliphatic carbocycles. The molecule has 0 spiro atoms. The third-order valence-corrected chi connectivity index (χ3v) is 4.75. The van der Waals surface area contributed by atoms with Gasteiger partial charge in [0.05, 0.1) is 11.8 Å². The van der Waals surface area contributed by atoms with E-state index in [0.29, 0.717) is 5.92 Å². The van der Waals surface area contributed by atoms with Crippen LogP contribution in [0.25, 0.3) is 0 Å². The lowest BCUT2D eigenvalue weighted by Gasteiger charge is -2.40. The standard InChI is InChI=1S/C15H37NO3Si3/c1-13(2)15(17-20(4,5)6)14(3)16(18-21(7,8)9)19-22(10,11)12/h13,15H,3H2,1-2,4-12H3. The highest BCUT2D eigenvalue weighted by atomic mass is 28.4. The van der Waals surface area contributed by atoms with Crippen LogP contribution in [0.1, 0.15) is 13.8 Å². The predicted molar refractivity (Wildman–Crippen MR) is 103 cm³/mol. The Morgan fingerprint density at radius 2 is 1.14 bits per heavy atom. The van der Waals surface area contributed by atoms with Crippen molar-refractivity contribution in [1.29, 1.82) is 0 Å². The van der Waals surface area contributed by atoms with Crippen molar-refractivity contribution < 1.29 is 13.5 Å². The monoisotopic (exact) mass is 363 g/mol. The van der Waals surface area contributed by atoms with Crippen molar-refractivity contribution in [3.05, 3.63) is 12.3 Å². The molecule has 0 bridgehead atoms. The van der Waals surface area contributed by atoms with Crippen LogP contribution in [0, 0.1) is 5.92 Å². The SMILES string of the molecule is C=C(C(O[Si](C)(C)C)C(C)C)N(O[Si](C)(C)C)O[Si](C)(C)C. The minimum Gasteiger partial charge on any atom is -0.409 e. The lowest BCUT2D eigenvalue weighted by Crippen LogP contribution is -2.47. The van der Waals surface area contributed by atoms with Gasteiger partial charge in [0.15, 0.2) is 8.32 Å². The third-order valence-electron chi connectivity index (χ3n) is 2.36. The van der Waals surface area contributed by atoms with Crippen molar-refractivity contribution in [2.24, 2.45) is 5.92 Å². The lowest BCUT2D eigenvalue weighted by molar-refractivity contribution is -0.251. The maximum Gasteiger partial charge on any atom is 0.223 e. The van der Waals surface area contributed by atoms with Gasteiger partial charge >= 0.3 is 0 Å². The fourth-order valence-corrected chi connectivity index (χ4v) is 4.26. The fraction of sp³-hybridized carbons (Fsp3) is 0.867. The molecule has 0 saturated carbocycles. The summed E-state index contributed by atoms with van der Waals surface area (Å²) in [6.07, 6.45) is -0.0839. The lowest BCUT2D eigenvalue weighted by atomic mass is 10.1. The van der Waals surface area contributed by atoms with Gasteiger partial charge in [0.2, 0.25) is 16.6 Å². The van der Waals surface area contributed by atoms with Crippen LogP contribution in [0.5, 0.6) is 0 Å². The van der Waals surface area contributed by atoms with Gasteiger partial charge < -0.3 is 4.43 Å². The predicted octanol–water partition coefficient (Wildman–Crippen LogP) is 5.21. The van der Waals surface area contributed by atoms with E-state index >= 15 is 0 Å². The smallest absolute Gasteiger partial charge is 0.223 e. The molecule has 0 fully saturated rings. The van der Waals surface area contributed by atoms with E-state index in [2.05, 4.69) is 79.3 Å². The number of rotatable bonds is 9. The number of nitrogens with zero attached hydrogens (tertiary/aromatic N) is 1. The topological polar surface area (TPSA) is 30.9 Å². The molecule has 0 amide bonds. The highest BCUT2D eigenvalue weighted by molar-refractivity contribution is 6.70. The van der Waals surface area contributed by atoms with Crippen LogP contribution in [-0.2, 0) is 13.5 Å². The van der Waals surface area contributed by atoms with Gasteiger partial charge in [-0.25, -0.2) is 0 Å². The molecule has 0 rings (SSSR count). The second kappa shape index (κ2) is 7.76. The molecule has 0 aliphatic heterocycles. The molecule has 0 N–H and O–H groups in total. The highest BCUT2D eigenvalue weighted by Crippen LogP contribution is 2.26. The molecule has 0 saturated heterocycles. The zero-order valence-corrected chi connectivity index (χ0v) is 19.5. The maximum atomic E-state index is 6.34. The van der Waals surface area contributed by atoms with Gasteiger partial charge in [0.1, 0.15) is 0 Å². The van der Waals surface area contributed by atoms with Crippen molar-refractivity contribution in [3.63, 3.8) is 0 Å². The molecular weight excluding hydrogens is 326 g/mol. The molecule has 1 unspecified atom stereocenters. The molecule has 0 heterocycles. The summed E-state index contributed by atoms with van der Waals surface area (Å²) in [5, 5.41) is 1.59. The van der Waals surface area contributed by atoms with Gasteiger partial charge in [-0.15, -0.1) is 5.23 Å². The zero-order valence-electron chi connectivity index (χ0n) is 16.5. The van der Waals surface area contributed by atoms with E-state index in [-0.39, 0.29) is 6.10 Å². The first-order valence-corrected chi connectivity index (χ1v) is 18.3. The first-order valence-electron chi connectivity index (χ1n) is 8.07. The first kappa shape index (κ1) is 22.1. The second-order valence-corrected chi connectivity index (χ2v) is 22.3. The third kappa shape index (κ3) is 9.96. The summed E-state index contributed by atoms with van der Waals surface area (Å²) in [5.41, 5.74) is 0.780. The molecule has 22 heavy (non-hydrogen) atoms. The molecule has 132 valence electrons. The largest absolute Gasteiger partial charge is 0.409 e. The number of hydrogen-bond donors (Lipinski definition) is 0. The van der Waals surface area contributed by atoms with E-state index < -0.39 is 25.0 Å². The van der Waals surface area contributed by atoms with Crippen molar-refractivity contribution in [2.45, 2.75) is 78.9 Å². The average Bonchev–Trinajstić information content (AvgIpc) is 2.18. The molecule has 0 radical (unpaired) electrons. The molecule has 0 aromatic rings. The van der Waals surface area contributed by atoms with Crippen LogP contribution >= 0.6 is 0 Å². The molecule has 1 atom stereocenters. The summed E-state index contributed by atoms with van der Waals surface area (Å²) in [4.78, 5) is 0. The average molecular weight is 364 g/mol. The second-order valence-electron chi connectivity index (χ2n) is 9.05. The Hall–Kier alpha value is 0.0706. The van der Waals surface area contributed by atoms with Crippen molar-refractivity contribution in [1.82, 2.24) is 5.23 Å². The summed E-state index contributed by atoms with van der Waals surface area (Å²) in [6, 6.07) is 0. The number of hydrogen-bond acceptors (Lipinski definition) is 4. The van der Waals surface area contributed by atoms with Gasteiger partial charge in [-0.1, -0.05) is 20.4 Å². The molecule has 4 nitrogen and oxygen atoms in total. The van der Waals surface area contributed by atoms with Crippen LogP contribution < -0.4 is 0 Å². The molecular formula is C15H37NO3Si3. The van der Waals surface area contributed by atoms with Crippen molar-refractivity contribution in [2.75, 3.05) is 0 Å². The van der Waals surface area contributed by atoms with Crippen LogP contribution in [0.4, 0.5) is 0 Å². The Morgan fingerprint density at radius 3 is 1.36 bits per heavy atom. The van der Waals surface area contributed by atoms with Crippen molar-refractivity contribution >= 4 is 25.0 Å². The Kier molecular flexibility index (Phi) is 7.79. The van der Waals surface area contributed by atoms with E-state index in [0.717, 1.165) is 5.70 Å². The molecule has 0 aliphatic rings. The summed E-state index contributed by atoms with van der Waals surface area (Å²) < 4.78 is 18.6. The summed E-state index contributed by atoms with van der Waals surface area (Å²) >= 11 is 0. The van der Waals surface area contributed by atoms with Crippen LogP contribution in [0.2, 0.25) is 58.9 Å². The van der Waals surface area contributed by atoms with Gasteiger partial charge in [0, 0.05) is 0 Å². The maximum absolute atomic E-state index is 6.34. The minimum atomic E-state index is -1.80. The van der Waals surface area contributed by atoms with Crippen LogP contribution in [0.3, 0.4) is 0 Å². The Morgan fingerprint density at radius 1 is 0.773 bits per heavy atom. The van der Waals surface area contributed by atoms with Crippen molar-refractivity contribution in [3.8, 4) is 0 Å². The van der Waals surface area contributed by atoms with Gasteiger partial charge in [-0.05, 0) is 64.8 Å². The van der Waals surface area contributed by atoms with Crippen LogP contribution in [0.15, 0.2) is 12.3 Å². The first-order chi connectivity index (χ1) is 9.52. The van der Waals surface area contributed by atoms with E-state index in [9.17, 15) is 0 Å². The zero-order chi connectivity index (χ0) is 17.9. The van der Waals surface area contributed by atoms with Gasteiger partial charge in [0.25, 0.3) is 0 Å². The van der Waals surface area contributed by atoms with Gasteiger partial charge in [-0.3, -0.25) is 9.05 Å². The quantitative estimate of drug-likeness (QED) is 0.415. The van der Waals surface area contributed by atoms with E-state index in [1.54, 1.807) is 5.23 Å². The van der Waals surface area contributed by atoms with E-state index in [1.807, 2.05) is 0 Å². The normalized spacial score (nSPS) is 15.1. The molecule has 7 heteroatoms. The molecule has 0 aromatic carbocycles. The van der Waals surface area contributed by atoms with Gasteiger partial charge in [-0.2, -0.15) is 0 Å². The summed E-state index contributed by atoms with van der Waals surface area (Å²) in [7, 11) is -5.29. The summed E-state index contributed by atoms with van der Waals surface area (Å²) in [6.45, 7) is 28.0. The van der Waals surface area contributed by atoms with E-state index in [4.69, 9.17) is 13.5 Å². The Balaban J connectivity index is 5.35. The summed E-state index contributed by atoms with van der Waals surface area (Å²) in [5.74, 6) is 0.317. The fourth-order valence-electron chi connectivity index (χ4n) is 1.71. The van der Waals surface area contributed by atoms with E-state index in [1.165, 1.54) is 0 Å². The van der Waals surface area contributed by atoms with Crippen LogP contribution in [-0.4, -0.2) is 36.3 Å². The Bertz CT molecular complexity index is 352.